The number of nitrogens with two attached hydrogens (primary N) is 1. The zero-order chi connectivity index (χ0) is 15.0. The number of carbonyl (C=O) groups is 1. The standard InChI is InChI=1S/C15H16N4O2/c1-9(10-3-5-11(21-2)6-4-10)19-8-13-12(14(19)20)7-17-15(16)18-13/h3-7,9H,8H2,1-2H3,(H2,16,17,18)/t9-/m0/s1. The Morgan fingerprint density at radius 1 is 1.33 bits per heavy atom. The van der Waals surface area contributed by atoms with Crippen LogP contribution in [-0.4, -0.2) is 27.9 Å². The minimum atomic E-state index is -0.0617. The third-order valence-corrected chi connectivity index (χ3v) is 3.76. The molecule has 0 radical (unpaired) electrons. The van der Waals surface area contributed by atoms with Gasteiger partial charge in [-0.15, -0.1) is 0 Å². The predicted octanol–water partition coefficient (Wildman–Crippen LogP) is 1.78. The van der Waals surface area contributed by atoms with Crippen LogP contribution in [-0.2, 0) is 6.54 Å². The van der Waals surface area contributed by atoms with Crippen molar-refractivity contribution in [1.29, 1.82) is 0 Å². The molecule has 108 valence electrons. The summed E-state index contributed by atoms with van der Waals surface area (Å²) < 4.78 is 5.15. The highest BCUT2D eigenvalue weighted by Gasteiger charge is 2.32. The van der Waals surface area contributed by atoms with Crippen LogP contribution in [0.5, 0.6) is 5.75 Å². The number of nitrogens with zero attached hydrogens (tertiary/aromatic N) is 3. The molecular weight excluding hydrogens is 268 g/mol. The second kappa shape index (κ2) is 5.05. The summed E-state index contributed by atoms with van der Waals surface area (Å²) in [5, 5.41) is 0. The summed E-state index contributed by atoms with van der Waals surface area (Å²) in [6.45, 7) is 2.44. The fraction of sp³-hybridized carbons (Fsp3) is 0.267. The molecule has 2 aromatic rings. The molecule has 2 heterocycles. The van der Waals surface area contributed by atoms with E-state index in [-0.39, 0.29) is 17.9 Å². The van der Waals surface area contributed by atoms with Crippen LogP contribution in [0.25, 0.3) is 0 Å². The number of anilines is 1. The summed E-state index contributed by atoms with van der Waals surface area (Å²) in [7, 11) is 1.63. The van der Waals surface area contributed by atoms with Crippen molar-refractivity contribution in [2.45, 2.75) is 19.5 Å². The maximum atomic E-state index is 12.4. The van der Waals surface area contributed by atoms with Crippen LogP contribution < -0.4 is 10.5 Å². The van der Waals surface area contributed by atoms with E-state index in [9.17, 15) is 4.79 Å². The van der Waals surface area contributed by atoms with Crippen molar-refractivity contribution >= 4 is 11.9 Å². The van der Waals surface area contributed by atoms with E-state index in [0.29, 0.717) is 17.8 Å². The van der Waals surface area contributed by atoms with E-state index in [1.165, 1.54) is 6.20 Å². The predicted molar refractivity (Wildman–Crippen MR) is 77.7 cm³/mol. The zero-order valence-corrected chi connectivity index (χ0v) is 11.9. The molecule has 21 heavy (non-hydrogen) atoms. The maximum absolute atomic E-state index is 12.4. The van der Waals surface area contributed by atoms with Gasteiger partial charge in [0.2, 0.25) is 5.95 Å². The van der Waals surface area contributed by atoms with E-state index in [0.717, 1.165) is 11.3 Å². The minimum absolute atomic E-state index is 0.0566. The Morgan fingerprint density at radius 3 is 2.71 bits per heavy atom. The molecule has 0 aliphatic carbocycles. The Kier molecular flexibility index (Phi) is 3.21. The first-order valence-corrected chi connectivity index (χ1v) is 6.66. The Bertz CT molecular complexity index is 685. The van der Waals surface area contributed by atoms with Crippen molar-refractivity contribution in [2.75, 3.05) is 12.8 Å². The molecule has 0 saturated heterocycles. The highest BCUT2D eigenvalue weighted by Crippen LogP contribution is 2.30. The van der Waals surface area contributed by atoms with Crippen molar-refractivity contribution in [1.82, 2.24) is 14.9 Å². The third kappa shape index (κ3) is 2.29. The number of amides is 1. The Morgan fingerprint density at radius 2 is 2.05 bits per heavy atom. The molecule has 0 bridgehead atoms. The lowest BCUT2D eigenvalue weighted by Crippen LogP contribution is -2.27. The second-order valence-corrected chi connectivity index (χ2v) is 4.97. The van der Waals surface area contributed by atoms with Gasteiger partial charge in [-0.25, -0.2) is 9.97 Å². The molecule has 1 aromatic heterocycles. The number of hydrogen-bond acceptors (Lipinski definition) is 5. The fourth-order valence-corrected chi connectivity index (χ4v) is 2.49. The minimum Gasteiger partial charge on any atom is -0.497 e. The first-order valence-electron chi connectivity index (χ1n) is 6.66. The number of carbonyl (C=O) groups excluding carboxylic acids is 1. The van der Waals surface area contributed by atoms with Crippen LogP contribution >= 0.6 is 0 Å². The van der Waals surface area contributed by atoms with Crippen LogP contribution in [0.2, 0.25) is 0 Å². The zero-order valence-electron chi connectivity index (χ0n) is 11.9. The molecule has 1 amide bonds. The van der Waals surface area contributed by atoms with E-state index in [2.05, 4.69) is 9.97 Å². The van der Waals surface area contributed by atoms with Gasteiger partial charge in [-0.1, -0.05) is 12.1 Å². The largest absolute Gasteiger partial charge is 0.497 e. The van der Waals surface area contributed by atoms with Gasteiger partial charge in [-0.05, 0) is 24.6 Å². The van der Waals surface area contributed by atoms with Gasteiger partial charge in [0.1, 0.15) is 5.75 Å². The number of ether oxygens (including phenoxy) is 1. The SMILES string of the molecule is COc1ccc([C@H](C)N2Cc3nc(N)ncc3C2=O)cc1. The van der Waals surface area contributed by atoms with Crippen LogP contribution in [0.3, 0.4) is 0 Å². The normalized spacial score (nSPS) is 15.0. The number of aromatic nitrogens is 2. The summed E-state index contributed by atoms with van der Waals surface area (Å²) in [4.78, 5) is 22.2. The monoisotopic (exact) mass is 284 g/mol. The lowest BCUT2D eigenvalue weighted by atomic mass is 10.1. The van der Waals surface area contributed by atoms with E-state index in [4.69, 9.17) is 10.5 Å². The van der Waals surface area contributed by atoms with E-state index < -0.39 is 0 Å². The molecule has 0 saturated carbocycles. The topological polar surface area (TPSA) is 81.3 Å². The molecule has 2 N–H and O–H groups in total. The van der Waals surface area contributed by atoms with Crippen molar-refractivity contribution in [3.63, 3.8) is 0 Å². The smallest absolute Gasteiger partial charge is 0.258 e. The molecule has 1 aromatic carbocycles. The van der Waals surface area contributed by atoms with Crippen LogP contribution in [0.1, 0.15) is 34.6 Å². The van der Waals surface area contributed by atoms with Crippen molar-refractivity contribution in [3.8, 4) is 5.75 Å². The van der Waals surface area contributed by atoms with Crippen molar-refractivity contribution < 1.29 is 9.53 Å². The number of methoxy groups -OCH3 is 1. The first-order chi connectivity index (χ1) is 10.1. The summed E-state index contributed by atoms with van der Waals surface area (Å²) in [5.41, 5.74) is 7.83. The van der Waals surface area contributed by atoms with E-state index >= 15 is 0 Å². The molecule has 6 heteroatoms. The second-order valence-electron chi connectivity index (χ2n) is 4.97. The van der Waals surface area contributed by atoms with Gasteiger partial charge in [0.15, 0.2) is 0 Å². The van der Waals surface area contributed by atoms with Gasteiger partial charge in [0.05, 0.1) is 31.0 Å². The highest BCUT2D eigenvalue weighted by atomic mass is 16.5. The van der Waals surface area contributed by atoms with E-state index in [1.807, 2.05) is 31.2 Å². The van der Waals surface area contributed by atoms with Gasteiger partial charge >= 0.3 is 0 Å². The average molecular weight is 284 g/mol. The summed E-state index contributed by atoms with van der Waals surface area (Å²) >= 11 is 0. The molecule has 0 fully saturated rings. The lowest BCUT2D eigenvalue weighted by molar-refractivity contribution is 0.0715. The molecule has 0 spiro atoms. The quantitative estimate of drug-likeness (QED) is 0.929. The van der Waals surface area contributed by atoms with Crippen molar-refractivity contribution in [2.24, 2.45) is 0 Å². The Labute approximate surface area is 122 Å². The fourth-order valence-electron chi connectivity index (χ4n) is 2.49. The van der Waals surface area contributed by atoms with Gasteiger partial charge in [-0.2, -0.15) is 0 Å². The summed E-state index contributed by atoms with van der Waals surface area (Å²) in [6, 6.07) is 7.63. The lowest BCUT2D eigenvalue weighted by Gasteiger charge is -2.24. The number of rotatable bonds is 3. The molecule has 3 rings (SSSR count). The molecule has 1 aliphatic rings. The number of fused-ring (bicyclic) bond motifs is 1. The van der Waals surface area contributed by atoms with Crippen molar-refractivity contribution in [3.05, 3.63) is 47.3 Å². The van der Waals surface area contributed by atoms with Gasteiger partial charge < -0.3 is 15.4 Å². The highest BCUT2D eigenvalue weighted by molar-refractivity contribution is 5.97. The maximum Gasteiger partial charge on any atom is 0.258 e. The van der Waals surface area contributed by atoms with Gasteiger partial charge in [-0.3, -0.25) is 4.79 Å². The average Bonchev–Trinajstić information content (AvgIpc) is 2.83. The molecule has 0 unspecified atom stereocenters. The van der Waals surface area contributed by atoms with E-state index in [1.54, 1.807) is 12.0 Å². The molecular formula is C15H16N4O2. The molecule has 6 nitrogen and oxygen atoms in total. The number of nitrogen functional groups attached to an aromatic ring is 1. The summed E-state index contributed by atoms with van der Waals surface area (Å²) in [5.74, 6) is 0.925. The molecule has 1 aliphatic heterocycles. The van der Waals surface area contributed by atoms with Gasteiger partial charge in [0, 0.05) is 6.20 Å². The van der Waals surface area contributed by atoms with Gasteiger partial charge in [0.25, 0.3) is 5.91 Å². The molecule has 1 atom stereocenters. The first kappa shape index (κ1) is 13.4. The number of benzene rings is 1. The van der Waals surface area contributed by atoms with Crippen LogP contribution in [0.15, 0.2) is 30.5 Å². The van der Waals surface area contributed by atoms with Crippen LogP contribution in [0.4, 0.5) is 5.95 Å². The Balaban J connectivity index is 1.86. The van der Waals surface area contributed by atoms with Crippen LogP contribution in [0, 0.1) is 0 Å². The Hall–Kier alpha value is -2.63. The summed E-state index contributed by atoms with van der Waals surface area (Å²) in [6.07, 6.45) is 1.50. The number of hydrogen-bond donors (Lipinski definition) is 1. The third-order valence-electron chi connectivity index (χ3n) is 3.76.